The van der Waals surface area contributed by atoms with E-state index in [2.05, 4.69) is 44.6 Å². The largest absolute Gasteiger partial charge is 0.398 e. The van der Waals surface area contributed by atoms with Crippen LogP contribution in [0.4, 0.5) is 40.3 Å². The van der Waals surface area contributed by atoms with Crippen molar-refractivity contribution in [2.24, 2.45) is 16.6 Å². The average molecular weight is 921 g/mol. The molecule has 59 heavy (non-hydrogen) atoms. The molecule has 4 aromatic carbocycles. The van der Waals surface area contributed by atoms with E-state index in [0.29, 0.717) is 32.4 Å². The lowest BCUT2D eigenvalue weighted by atomic mass is 9.63. The second kappa shape index (κ2) is 16.8. The molecule has 14 heteroatoms. The Morgan fingerprint density at radius 1 is 0.932 bits per heavy atom. The first kappa shape index (κ1) is 41.1. The van der Waals surface area contributed by atoms with Crippen LogP contribution in [-0.2, 0) is 17.6 Å². The predicted octanol–water partition coefficient (Wildman–Crippen LogP) is 7.62. The fourth-order valence-electron chi connectivity index (χ4n) is 8.86. The van der Waals surface area contributed by atoms with Crippen LogP contribution >= 0.6 is 22.6 Å². The predicted molar refractivity (Wildman–Crippen MR) is 230 cm³/mol. The number of nitrogens with one attached hydrogen (secondary N) is 2. The van der Waals surface area contributed by atoms with Crippen LogP contribution in [0.3, 0.4) is 0 Å². The number of likely N-dealkylation sites (N-methyl/N-ethyl adjacent to an activating group) is 1. The number of hydrogen-bond donors (Lipinski definition) is 4. The van der Waals surface area contributed by atoms with Gasteiger partial charge >= 0.3 is 0 Å². The minimum Gasteiger partial charge on any atom is -0.398 e. The van der Waals surface area contributed by atoms with Gasteiger partial charge in [0.05, 0.1) is 39.6 Å². The number of hydrogen-bond acceptors (Lipinski definition) is 9. The van der Waals surface area contributed by atoms with Gasteiger partial charge in [-0.15, -0.1) is 0 Å². The highest BCUT2D eigenvalue weighted by molar-refractivity contribution is 14.1. The molecule has 0 unspecified atom stereocenters. The number of aliphatic imine (C=N–C) groups is 1. The molecular formula is C45H45F4IN6O3. The zero-order valence-electron chi connectivity index (χ0n) is 32.6. The third-order valence-electron chi connectivity index (χ3n) is 12.2. The van der Waals surface area contributed by atoms with Crippen molar-refractivity contribution < 1.29 is 32.3 Å². The number of benzene rings is 4. The molecule has 3 fully saturated rings. The van der Waals surface area contributed by atoms with E-state index in [1.165, 1.54) is 30.0 Å². The zero-order chi connectivity index (χ0) is 41.6. The molecule has 308 valence electrons. The van der Waals surface area contributed by atoms with Crippen molar-refractivity contribution >= 4 is 68.3 Å². The molecule has 9 rings (SSSR count). The summed E-state index contributed by atoms with van der Waals surface area (Å²) in [5.41, 5.74) is 10.2. The number of rotatable bonds is 7. The highest BCUT2D eigenvalue weighted by Gasteiger charge is 2.51. The first-order chi connectivity index (χ1) is 28.3. The van der Waals surface area contributed by atoms with Crippen molar-refractivity contribution in [3.63, 3.8) is 0 Å². The number of nitrogens with zero attached hydrogens (tertiary/aromatic N) is 3. The van der Waals surface area contributed by atoms with Gasteiger partial charge in [0.15, 0.2) is 23.2 Å². The number of aliphatic hydroxyl groups is 1. The molecule has 5 aliphatic rings. The molecule has 0 spiro atoms. The summed E-state index contributed by atoms with van der Waals surface area (Å²) in [5.74, 6) is -4.36. The van der Waals surface area contributed by atoms with Gasteiger partial charge < -0.3 is 31.3 Å². The van der Waals surface area contributed by atoms with Gasteiger partial charge in [-0.1, -0.05) is 18.6 Å². The number of carbonyl (C=O) groups excluding carboxylic acids is 2. The van der Waals surface area contributed by atoms with Crippen molar-refractivity contribution in [3.8, 4) is 0 Å². The number of carbonyl (C=O) groups is 2. The van der Waals surface area contributed by atoms with Gasteiger partial charge in [0.1, 0.15) is 11.6 Å². The van der Waals surface area contributed by atoms with Crippen LogP contribution < -0.4 is 21.3 Å². The minimum absolute atomic E-state index is 0.0458. The average Bonchev–Trinajstić information content (AvgIpc) is 3.63. The second-order valence-electron chi connectivity index (χ2n) is 16.1. The van der Waals surface area contributed by atoms with Crippen molar-refractivity contribution in [3.05, 3.63) is 121 Å². The summed E-state index contributed by atoms with van der Waals surface area (Å²) in [6, 6.07) is 17.3. The SMILES string of the molecule is CN1CCN(c2ccc3c(c2)CC(C2=C(N)c4c(F)cccc4CC2=O)=N3)CC1.O=C(c1ccc(F)c(F)c1Nc1ccc(I)cc1F)C1CC(O)([C@@H]2CCCCN2)C1. The number of fused-ring (bicyclic) bond motifs is 2. The van der Waals surface area contributed by atoms with E-state index in [4.69, 9.17) is 5.73 Å². The van der Waals surface area contributed by atoms with E-state index in [1.807, 2.05) is 28.7 Å². The van der Waals surface area contributed by atoms with Crippen LogP contribution in [0, 0.1) is 32.8 Å². The van der Waals surface area contributed by atoms with Gasteiger partial charge in [-0.05, 0) is 128 Å². The van der Waals surface area contributed by atoms with E-state index in [1.54, 1.807) is 18.2 Å². The molecule has 0 aromatic heterocycles. The summed E-state index contributed by atoms with van der Waals surface area (Å²) < 4.78 is 57.7. The standard InChI is InChI=1S/C23H23FN4O.C22H22F3IN2O2/c1-27-7-9-28(10-8-27)16-5-6-18-15(11-16)12-19(26-18)22-20(29)13-14-3-2-4-17(24)21(14)23(22)25;23-15-6-5-14(20(19(15)25)28-17-7-4-13(26)9-16(17)24)21(29)12-10-22(30,11-12)18-3-1-2-8-27-18/h2-6,11H,7-10,12-13,25H2,1H3;4-7,9,12,18,27-28,30H,1-3,8,10-11H2/t;12?,18-,22?/m.0/s1. The van der Waals surface area contributed by atoms with E-state index in [9.17, 15) is 32.3 Å². The van der Waals surface area contributed by atoms with Crippen molar-refractivity contribution in [2.75, 3.05) is 50.0 Å². The topological polar surface area (TPSA) is 123 Å². The number of nitrogens with two attached hydrogens (primary N) is 1. The van der Waals surface area contributed by atoms with Crippen LogP contribution in [-0.4, -0.2) is 78.7 Å². The van der Waals surface area contributed by atoms with Gasteiger partial charge in [-0.25, -0.2) is 17.6 Å². The number of anilines is 3. The van der Waals surface area contributed by atoms with Gasteiger partial charge in [0.25, 0.3) is 0 Å². The highest BCUT2D eigenvalue weighted by atomic mass is 127. The normalized spacial score (nSPS) is 22.8. The monoisotopic (exact) mass is 920 g/mol. The molecule has 2 saturated heterocycles. The Kier molecular flexibility index (Phi) is 11.7. The third kappa shape index (κ3) is 8.28. The van der Waals surface area contributed by atoms with Crippen LogP contribution in [0.15, 0.2) is 77.3 Å². The van der Waals surface area contributed by atoms with Gasteiger partial charge in [-0.3, -0.25) is 14.6 Å². The van der Waals surface area contributed by atoms with Crippen LogP contribution in [0.25, 0.3) is 5.70 Å². The maximum Gasteiger partial charge on any atom is 0.182 e. The minimum atomic E-state index is -1.23. The zero-order valence-corrected chi connectivity index (χ0v) is 34.7. The lowest BCUT2D eigenvalue weighted by Gasteiger charge is -2.49. The molecule has 0 amide bonds. The first-order valence-corrected chi connectivity index (χ1v) is 21.0. The quantitative estimate of drug-likeness (QED) is 0.0850. The summed E-state index contributed by atoms with van der Waals surface area (Å²) in [5, 5.41) is 16.7. The Labute approximate surface area is 353 Å². The maximum atomic E-state index is 14.6. The molecule has 1 atom stereocenters. The van der Waals surface area contributed by atoms with E-state index in [0.717, 1.165) is 69.3 Å². The molecule has 3 heterocycles. The highest BCUT2D eigenvalue weighted by Crippen LogP contribution is 2.45. The smallest absolute Gasteiger partial charge is 0.182 e. The van der Waals surface area contributed by atoms with E-state index >= 15 is 0 Å². The number of piperazine rings is 1. The fourth-order valence-corrected chi connectivity index (χ4v) is 9.32. The molecular weight excluding hydrogens is 875 g/mol. The number of ketones is 2. The fraction of sp³-hybridized carbons (Fsp3) is 0.356. The maximum absolute atomic E-state index is 14.6. The van der Waals surface area contributed by atoms with Crippen LogP contribution in [0.5, 0.6) is 0 Å². The molecule has 3 aliphatic heterocycles. The summed E-state index contributed by atoms with van der Waals surface area (Å²) in [6.45, 7) is 4.92. The van der Waals surface area contributed by atoms with Crippen LogP contribution in [0.2, 0.25) is 0 Å². The number of halogens is 5. The molecule has 9 nitrogen and oxygen atoms in total. The summed E-state index contributed by atoms with van der Waals surface area (Å²) in [7, 11) is 2.14. The lowest BCUT2D eigenvalue weighted by Crippen LogP contribution is -2.61. The van der Waals surface area contributed by atoms with Crippen LogP contribution in [0.1, 0.15) is 59.2 Å². The number of piperidine rings is 1. The van der Waals surface area contributed by atoms with Gasteiger partial charge in [-0.2, -0.15) is 0 Å². The Balaban J connectivity index is 0.000000164. The van der Waals surface area contributed by atoms with Crippen molar-refractivity contribution in [2.45, 2.75) is 56.6 Å². The van der Waals surface area contributed by atoms with Gasteiger partial charge in [0.2, 0.25) is 0 Å². The Hall–Kier alpha value is -4.64. The number of allylic oxidation sites excluding steroid dienone is 1. The molecule has 5 N–H and O–H groups in total. The Bertz CT molecular complexity index is 2390. The van der Waals surface area contributed by atoms with E-state index < -0.39 is 34.8 Å². The van der Waals surface area contributed by atoms with E-state index in [-0.39, 0.29) is 59.5 Å². The van der Waals surface area contributed by atoms with Crippen molar-refractivity contribution in [1.29, 1.82) is 0 Å². The summed E-state index contributed by atoms with van der Waals surface area (Å²) in [4.78, 5) is 35.3. The first-order valence-electron chi connectivity index (χ1n) is 19.9. The molecule has 4 aromatic rings. The molecule has 2 aliphatic carbocycles. The molecule has 0 bridgehead atoms. The van der Waals surface area contributed by atoms with Crippen molar-refractivity contribution in [1.82, 2.24) is 10.2 Å². The lowest BCUT2D eigenvalue weighted by molar-refractivity contribution is -0.114. The van der Waals surface area contributed by atoms with Gasteiger partial charge in [0, 0.05) is 71.4 Å². The Morgan fingerprint density at radius 3 is 2.44 bits per heavy atom. The molecule has 0 radical (unpaired) electrons. The summed E-state index contributed by atoms with van der Waals surface area (Å²) >= 11 is 1.94. The summed E-state index contributed by atoms with van der Waals surface area (Å²) in [6.07, 6.45) is 4.17. The Morgan fingerprint density at radius 2 is 1.71 bits per heavy atom. The number of Topliss-reactive ketones (excluding diaryl/α,β-unsaturated/α-hetero) is 2. The third-order valence-corrected chi connectivity index (χ3v) is 12.9. The second-order valence-corrected chi connectivity index (χ2v) is 17.4. The molecule has 1 saturated carbocycles.